The molecule has 0 heteroatoms. The van der Waals surface area contributed by atoms with Crippen molar-refractivity contribution < 1.29 is 0 Å². The third-order valence-corrected chi connectivity index (χ3v) is 13.1. The lowest BCUT2D eigenvalue weighted by atomic mass is 9.67. The van der Waals surface area contributed by atoms with E-state index < -0.39 is 5.41 Å². The minimum Gasteiger partial charge on any atom is -0.0622 e. The second kappa shape index (κ2) is 14.2. The molecule has 1 aliphatic rings. The summed E-state index contributed by atoms with van der Waals surface area (Å²) in [7, 11) is 0. The van der Waals surface area contributed by atoms with Crippen LogP contribution in [0.5, 0.6) is 0 Å². The van der Waals surface area contributed by atoms with Gasteiger partial charge in [-0.15, -0.1) is 0 Å². The lowest BCUT2D eigenvalue weighted by Crippen LogP contribution is -2.28. The van der Waals surface area contributed by atoms with Gasteiger partial charge in [0.15, 0.2) is 0 Å². The molecule has 0 unspecified atom stereocenters. The fourth-order valence-electron chi connectivity index (χ4n) is 10.4. The minimum atomic E-state index is -0.603. The van der Waals surface area contributed by atoms with Gasteiger partial charge in [-0.25, -0.2) is 0 Å². The summed E-state index contributed by atoms with van der Waals surface area (Å²) in [6.45, 7) is 0. The van der Waals surface area contributed by atoms with Crippen LogP contribution >= 0.6 is 0 Å². The van der Waals surface area contributed by atoms with E-state index in [2.05, 4.69) is 243 Å². The normalized spacial score (nSPS) is 12.7. The Morgan fingerprint density at radius 2 is 0.689 bits per heavy atom. The molecular weight excluding hydrogens is 733 g/mol. The van der Waals surface area contributed by atoms with E-state index in [1.54, 1.807) is 0 Å². The predicted octanol–water partition coefficient (Wildman–Crippen LogP) is 16.2. The number of hydrogen-bond donors (Lipinski definition) is 0. The lowest BCUT2D eigenvalue weighted by Gasteiger charge is -2.34. The monoisotopic (exact) mass is 772 g/mol. The quantitative estimate of drug-likeness (QED) is 0.148. The summed E-state index contributed by atoms with van der Waals surface area (Å²) in [5.41, 5.74) is 16.8. The maximum Gasteiger partial charge on any atom is 0.0714 e. The van der Waals surface area contributed by atoms with Crippen LogP contribution in [-0.2, 0) is 5.41 Å². The Hall–Kier alpha value is -7.80. The molecule has 0 heterocycles. The molecule has 0 aliphatic heterocycles. The van der Waals surface area contributed by atoms with Crippen molar-refractivity contribution in [2.45, 2.75) is 5.41 Å². The largest absolute Gasteiger partial charge is 0.0714 e. The Balaban J connectivity index is 1.19. The summed E-state index contributed by atoms with van der Waals surface area (Å²) in [6.07, 6.45) is 0. The van der Waals surface area contributed by atoms with E-state index in [4.69, 9.17) is 0 Å². The van der Waals surface area contributed by atoms with Crippen molar-refractivity contribution in [3.05, 3.63) is 265 Å². The molecule has 0 bridgehead atoms. The summed E-state index contributed by atoms with van der Waals surface area (Å²) < 4.78 is 0. The average molecular weight is 773 g/mol. The van der Waals surface area contributed by atoms with Crippen LogP contribution in [0.25, 0.3) is 88.0 Å². The molecule has 1 aliphatic carbocycles. The number of rotatable bonds is 6. The van der Waals surface area contributed by atoms with Crippen LogP contribution in [0.3, 0.4) is 0 Å². The van der Waals surface area contributed by atoms with Crippen molar-refractivity contribution in [3.63, 3.8) is 0 Å². The van der Waals surface area contributed by atoms with Crippen LogP contribution in [0.15, 0.2) is 243 Å². The molecule has 0 N–H and O–H groups in total. The average Bonchev–Trinajstić information content (AvgIpc) is 3.65. The molecule has 0 nitrogen and oxygen atoms in total. The summed E-state index contributed by atoms with van der Waals surface area (Å²) in [5.74, 6) is 0. The van der Waals surface area contributed by atoms with Crippen molar-refractivity contribution in [2.75, 3.05) is 0 Å². The number of hydrogen-bond acceptors (Lipinski definition) is 0. The van der Waals surface area contributed by atoms with Gasteiger partial charge in [-0.05, 0) is 147 Å². The Bertz CT molecular complexity index is 3340. The van der Waals surface area contributed by atoms with Gasteiger partial charge in [0.25, 0.3) is 0 Å². The molecule has 284 valence electrons. The third-order valence-electron chi connectivity index (χ3n) is 13.1. The van der Waals surface area contributed by atoms with Crippen molar-refractivity contribution in [1.29, 1.82) is 0 Å². The van der Waals surface area contributed by atoms with E-state index in [0.29, 0.717) is 0 Å². The van der Waals surface area contributed by atoms with E-state index in [1.165, 1.54) is 110 Å². The first-order chi connectivity index (χ1) is 30.3. The Morgan fingerprint density at radius 3 is 1.30 bits per heavy atom. The van der Waals surface area contributed by atoms with E-state index >= 15 is 0 Å². The summed E-state index contributed by atoms with van der Waals surface area (Å²) in [6, 6.07) is 90.2. The summed E-state index contributed by atoms with van der Waals surface area (Å²) in [5, 5.41) is 7.59. The molecule has 61 heavy (non-hydrogen) atoms. The summed E-state index contributed by atoms with van der Waals surface area (Å²) >= 11 is 0. The van der Waals surface area contributed by atoms with Gasteiger partial charge in [0.05, 0.1) is 5.41 Å². The van der Waals surface area contributed by atoms with Crippen molar-refractivity contribution >= 4 is 32.3 Å². The highest BCUT2D eigenvalue weighted by Crippen LogP contribution is 2.60. The highest BCUT2D eigenvalue weighted by Gasteiger charge is 2.47. The molecule has 0 saturated heterocycles. The maximum atomic E-state index is 2.54. The Morgan fingerprint density at radius 1 is 0.230 bits per heavy atom. The van der Waals surface area contributed by atoms with Gasteiger partial charge in [0.2, 0.25) is 0 Å². The van der Waals surface area contributed by atoms with Crippen LogP contribution in [0, 0.1) is 0 Å². The number of fused-ring (bicyclic) bond motifs is 8. The van der Waals surface area contributed by atoms with E-state index in [-0.39, 0.29) is 0 Å². The lowest BCUT2D eigenvalue weighted by molar-refractivity contribution is 0.769. The number of benzene rings is 11. The van der Waals surface area contributed by atoms with Gasteiger partial charge >= 0.3 is 0 Å². The van der Waals surface area contributed by atoms with Gasteiger partial charge in [-0.3, -0.25) is 0 Å². The second-order valence-corrected chi connectivity index (χ2v) is 16.4. The zero-order valence-electron chi connectivity index (χ0n) is 33.6. The SMILES string of the molecule is c1ccc(-c2cc(-c3ccccc3)cc(-c3cc4c(c5ccccc35)-c3ccc(-c5cc6ccccc6c6ccccc56)cc3C4(c3ccccc3)c3ccccc3)c2)cc1. The Kier molecular flexibility index (Phi) is 8.18. The maximum absolute atomic E-state index is 2.54. The van der Waals surface area contributed by atoms with Gasteiger partial charge in [0, 0.05) is 0 Å². The molecule has 11 aromatic rings. The van der Waals surface area contributed by atoms with Crippen molar-refractivity contribution in [1.82, 2.24) is 0 Å². The van der Waals surface area contributed by atoms with E-state index in [9.17, 15) is 0 Å². The topological polar surface area (TPSA) is 0 Å². The standard InChI is InChI=1S/C61H40/c1-5-19-41(20-6-1)45-35-46(42-21-7-2-8-22-42)37-47(36-45)57-40-59-60(54-32-18-17-31-53(54)57)55-34-33-44(56-38-43-23-13-14-28-50(43)51-29-15-16-30-52(51)56)39-58(55)61(59,48-24-9-3-10-25-48)49-26-11-4-12-27-49/h1-40H. The van der Waals surface area contributed by atoms with Crippen molar-refractivity contribution in [3.8, 4) is 55.6 Å². The van der Waals surface area contributed by atoms with Gasteiger partial charge in [0.1, 0.15) is 0 Å². The van der Waals surface area contributed by atoms with Crippen LogP contribution in [-0.4, -0.2) is 0 Å². The van der Waals surface area contributed by atoms with Gasteiger partial charge in [-0.1, -0.05) is 206 Å². The molecule has 11 aromatic carbocycles. The highest BCUT2D eigenvalue weighted by atomic mass is 14.5. The first-order valence-electron chi connectivity index (χ1n) is 21.2. The molecule has 0 fully saturated rings. The molecule has 0 spiro atoms. The zero-order chi connectivity index (χ0) is 40.3. The molecule has 0 aromatic heterocycles. The third kappa shape index (κ3) is 5.53. The Labute approximate surface area is 356 Å². The minimum absolute atomic E-state index is 0.603. The van der Waals surface area contributed by atoms with Gasteiger partial charge < -0.3 is 0 Å². The zero-order valence-corrected chi connectivity index (χ0v) is 33.6. The van der Waals surface area contributed by atoms with Crippen LogP contribution < -0.4 is 0 Å². The molecule has 0 amide bonds. The predicted molar refractivity (Wildman–Crippen MR) is 258 cm³/mol. The fraction of sp³-hybridized carbons (Fsp3) is 0.0164. The van der Waals surface area contributed by atoms with Gasteiger partial charge in [-0.2, -0.15) is 0 Å². The molecule has 0 radical (unpaired) electrons. The summed E-state index contributed by atoms with van der Waals surface area (Å²) in [4.78, 5) is 0. The molecular formula is C61H40. The van der Waals surface area contributed by atoms with E-state index in [0.717, 1.165) is 0 Å². The fourth-order valence-corrected chi connectivity index (χ4v) is 10.4. The van der Waals surface area contributed by atoms with E-state index in [1.807, 2.05) is 0 Å². The van der Waals surface area contributed by atoms with Crippen LogP contribution in [0.4, 0.5) is 0 Å². The van der Waals surface area contributed by atoms with Crippen LogP contribution in [0.2, 0.25) is 0 Å². The second-order valence-electron chi connectivity index (χ2n) is 16.4. The first-order valence-corrected chi connectivity index (χ1v) is 21.2. The van der Waals surface area contributed by atoms with Crippen molar-refractivity contribution in [2.24, 2.45) is 0 Å². The smallest absolute Gasteiger partial charge is 0.0622 e. The molecule has 0 atom stereocenters. The van der Waals surface area contributed by atoms with Crippen LogP contribution in [0.1, 0.15) is 22.3 Å². The molecule has 12 rings (SSSR count). The first kappa shape index (κ1) is 35.2. The highest BCUT2D eigenvalue weighted by molar-refractivity contribution is 6.15. The molecule has 0 saturated carbocycles.